The van der Waals surface area contributed by atoms with Crippen molar-refractivity contribution in [1.29, 1.82) is 0 Å². The molecule has 0 amide bonds. The monoisotopic (exact) mass is 362 g/mol. The van der Waals surface area contributed by atoms with Gasteiger partial charge in [-0.05, 0) is 61.9 Å². The molecule has 27 heavy (non-hydrogen) atoms. The van der Waals surface area contributed by atoms with Crippen molar-refractivity contribution >= 4 is 11.8 Å². The van der Waals surface area contributed by atoms with Crippen LogP contribution >= 0.6 is 0 Å². The molecule has 1 N–H and O–H groups in total. The van der Waals surface area contributed by atoms with E-state index in [4.69, 9.17) is 0 Å². The molecule has 0 saturated carbocycles. The normalized spacial score (nSPS) is 13.4. The van der Waals surface area contributed by atoms with Gasteiger partial charge in [0.15, 0.2) is 0 Å². The van der Waals surface area contributed by atoms with E-state index in [0.29, 0.717) is 6.04 Å². The predicted octanol–water partition coefficient (Wildman–Crippen LogP) is 7.01. The molecule has 2 aromatic carbocycles. The summed E-state index contributed by atoms with van der Waals surface area (Å²) in [5, 5.41) is 2.45. The standard InChI is InChI=1S/C25H34N2/c1-6-10-21(11-7-2)27-25-13-9-12-23(24(25)17-20(8-3)26-27)22-15-14-18(4)16-19(22)5/h9,12-17,21,26H,6-8,10-11H2,1-5H3. The molecular formula is C25H34N2. The molecule has 0 saturated heterocycles. The first-order valence-electron chi connectivity index (χ1n) is 10.6. The number of fused-ring (bicyclic) bond motifs is 1. The van der Waals surface area contributed by atoms with Crippen LogP contribution in [0.4, 0.5) is 5.69 Å². The van der Waals surface area contributed by atoms with Crippen LogP contribution in [0.15, 0.2) is 42.1 Å². The summed E-state index contributed by atoms with van der Waals surface area (Å²) >= 11 is 0. The van der Waals surface area contributed by atoms with E-state index in [1.165, 1.54) is 64.9 Å². The van der Waals surface area contributed by atoms with Crippen LogP contribution in [0.5, 0.6) is 0 Å². The van der Waals surface area contributed by atoms with Gasteiger partial charge in [-0.2, -0.15) is 0 Å². The quantitative estimate of drug-likeness (QED) is 0.569. The molecule has 2 aromatic rings. The Kier molecular flexibility index (Phi) is 6.26. The van der Waals surface area contributed by atoms with E-state index in [-0.39, 0.29) is 0 Å². The van der Waals surface area contributed by atoms with E-state index in [0.717, 1.165) is 6.42 Å². The summed E-state index contributed by atoms with van der Waals surface area (Å²) in [6.45, 7) is 11.2. The average Bonchev–Trinajstić information content (AvgIpc) is 2.67. The number of hydrazine groups is 1. The smallest absolute Gasteiger partial charge is 0.0654 e. The molecule has 1 heterocycles. The molecule has 2 heteroatoms. The molecule has 0 atom stereocenters. The average molecular weight is 363 g/mol. The van der Waals surface area contributed by atoms with Gasteiger partial charge in [0.25, 0.3) is 0 Å². The van der Waals surface area contributed by atoms with Crippen LogP contribution in [-0.4, -0.2) is 6.04 Å². The third kappa shape index (κ3) is 4.05. The van der Waals surface area contributed by atoms with E-state index in [1.807, 2.05) is 0 Å². The minimum atomic E-state index is 0.531. The van der Waals surface area contributed by atoms with Gasteiger partial charge in [-0.15, -0.1) is 0 Å². The fraction of sp³-hybridized carbons (Fsp3) is 0.440. The number of anilines is 1. The van der Waals surface area contributed by atoms with Gasteiger partial charge in [0.2, 0.25) is 0 Å². The van der Waals surface area contributed by atoms with E-state index in [1.54, 1.807) is 0 Å². The zero-order valence-electron chi connectivity index (χ0n) is 17.6. The number of rotatable bonds is 7. The Bertz CT molecular complexity index is 813. The van der Waals surface area contributed by atoms with Gasteiger partial charge in [-0.3, -0.25) is 5.01 Å². The largest absolute Gasteiger partial charge is 0.302 e. The highest BCUT2D eigenvalue weighted by Crippen LogP contribution is 2.38. The first-order chi connectivity index (χ1) is 13.1. The van der Waals surface area contributed by atoms with Crippen molar-refractivity contribution in [2.45, 2.75) is 72.8 Å². The second-order valence-electron chi connectivity index (χ2n) is 7.79. The topological polar surface area (TPSA) is 15.3 Å². The Morgan fingerprint density at radius 1 is 0.926 bits per heavy atom. The lowest BCUT2D eigenvalue weighted by Gasteiger charge is -2.39. The zero-order chi connectivity index (χ0) is 19.4. The number of nitrogens with one attached hydrogen (secondary N) is 1. The minimum Gasteiger partial charge on any atom is -0.302 e. The molecule has 0 spiro atoms. The molecule has 0 bridgehead atoms. The molecule has 0 unspecified atom stereocenters. The maximum Gasteiger partial charge on any atom is 0.0654 e. The second kappa shape index (κ2) is 8.65. The highest BCUT2D eigenvalue weighted by atomic mass is 15.5. The van der Waals surface area contributed by atoms with E-state index in [9.17, 15) is 0 Å². The Balaban J connectivity index is 2.14. The highest BCUT2D eigenvalue weighted by Gasteiger charge is 2.25. The fourth-order valence-electron chi connectivity index (χ4n) is 4.22. The van der Waals surface area contributed by atoms with Crippen LogP contribution in [0.1, 0.15) is 69.6 Å². The third-order valence-corrected chi connectivity index (χ3v) is 5.59. The lowest BCUT2D eigenvalue weighted by atomic mass is 9.91. The second-order valence-corrected chi connectivity index (χ2v) is 7.79. The summed E-state index contributed by atoms with van der Waals surface area (Å²) in [5.41, 5.74) is 13.1. The third-order valence-electron chi connectivity index (χ3n) is 5.59. The lowest BCUT2D eigenvalue weighted by molar-refractivity contribution is 0.469. The lowest BCUT2D eigenvalue weighted by Crippen LogP contribution is -2.47. The maximum atomic E-state index is 3.73. The van der Waals surface area contributed by atoms with Crippen molar-refractivity contribution in [2.24, 2.45) is 0 Å². The van der Waals surface area contributed by atoms with Crippen LogP contribution in [0.2, 0.25) is 0 Å². The summed E-state index contributed by atoms with van der Waals surface area (Å²) in [7, 11) is 0. The molecule has 3 rings (SSSR count). The molecule has 0 aromatic heterocycles. The van der Waals surface area contributed by atoms with Crippen molar-refractivity contribution in [2.75, 3.05) is 5.01 Å². The number of nitrogens with zero attached hydrogens (tertiary/aromatic N) is 1. The van der Waals surface area contributed by atoms with Crippen molar-refractivity contribution < 1.29 is 0 Å². The van der Waals surface area contributed by atoms with Crippen LogP contribution in [0, 0.1) is 13.8 Å². The van der Waals surface area contributed by atoms with Gasteiger partial charge in [0.05, 0.1) is 11.7 Å². The van der Waals surface area contributed by atoms with Gasteiger partial charge in [0.1, 0.15) is 0 Å². The first kappa shape index (κ1) is 19.5. The summed E-state index contributed by atoms with van der Waals surface area (Å²) in [6.07, 6.45) is 8.22. The van der Waals surface area contributed by atoms with E-state index < -0.39 is 0 Å². The molecule has 0 radical (unpaired) electrons. The summed E-state index contributed by atoms with van der Waals surface area (Å²) in [6, 6.07) is 14.1. The molecule has 144 valence electrons. The van der Waals surface area contributed by atoms with Crippen LogP contribution in [-0.2, 0) is 0 Å². The number of hydrogen-bond acceptors (Lipinski definition) is 2. The van der Waals surface area contributed by atoms with E-state index >= 15 is 0 Å². The van der Waals surface area contributed by atoms with Gasteiger partial charge in [-0.25, -0.2) is 0 Å². The summed E-state index contributed by atoms with van der Waals surface area (Å²) < 4.78 is 0. The van der Waals surface area contributed by atoms with E-state index in [2.05, 4.69) is 87.5 Å². The maximum absolute atomic E-state index is 3.73. The van der Waals surface area contributed by atoms with Crippen molar-refractivity contribution in [1.82, 2.24) is 5.43 Å². The van der Waals surface area contributed by atoms with Crippen LogP contribution < -0.4 is 10.4 Å². The predicted molar refractivity (Wildman–Crippen MR) is 119 cm³/mol. The van der Waals surface area contributed by atoms with Crippen molar-refractivity contribution in [3.05, 3.63) is 58.8 Å². The Labute approximate surface area is 165 Å². The molecular weight excluding hydrogens is 328 g/mol. The Morgan fingerprint density at radius 3 is 2.30 bits per heavy atom. The van der Waals surface area contributed by atoms with Gasteiger partial charge >= 0.3 is 0 Å². The molecule has 0 aliphatic carbocycles. The number of benzene rings is 2. The summed E-state index contributed by atoms with van der Waals surface area (Å²) in [5.74, 6) is 0. The number of hydrogen-bond donors (Lipinski definition) is 1. The molecule has 2 nitrogen and oxygen atoms in total. The van der Waals surface area contributed by atoms with Gasteiger partial charge in [-0.1, -0.05) is 69.5 Å². The number of aryl methyl sites for hydroxylation is 2. The zero-order valence-corrected chi connectivity index (χ0v) is 17.6. The molecule has 1 aliphatic heterocycles. The Hall–Kier alpha value is -2.22. The van der Waals surface area contributed by atoms with Crippen LogP contribution in [0.3, 0.4) is 0 Å². The first-order valence-corrected chi connectivity index (χ1v) is 10.6. The SMILES string of the molecule is CCCC(CCC)N1NC(CC)=Cc2c(-c3ccc(C)cc3C)cccc21. The molecule has 0 fully saturated rings. The minimum absolute atomic E-state index is 0.531. The van der Waals surface area contributed by atoms with Gasteiger partial charge < -0.3 is 5.43 Å². The highest BCUT2D eigenvalue weighted by molar-refractivity contribution is 5.86. The van der Waals surface area contributed by atoms with Crippen molar-refractivity contribution in [3.8, 4) is 11.1 Å². The molecule has 1 aliphatic rings. The van der Waals surface area contributed by atoms with Crippen LogP contribution in [0.25, 0.3) is 17.2 Å². The fourth-order valence-corrected chi connectivity index (χ4v) is 4.22. The van der Waals surface area contributed by atoms with Crippen molar-refractivity contribution in [3.63, 3.8) is 0 Å². The summed E-state index contributed by atoms with van der Waals surface area (Å²) in [4.78, 5) is 0. The number of allylic oxidation sites excluding steroid dienone is 1. The Morgan fingerprint density at radius 2 is 1.67 bits per heavy atom. The van der Waals surface area contributed by atoms with Gasteiger partial charge in [0, 0.05) is 11.3 Å².